The minimum Gasteiger partial charge on any atom is -0.507 e. The number of carbonyl (C=O) groups excluding carboxylic acids is 1. The van der Waals surface area contributed by atoms with Gasteiger partial charge in [-0.05, 0) is 60.2 Å². The topological polar surface area (TPSA) is 90.4 Å². The van der Waals surface area contributed by atoms with Crippen LogP contribution >= 0.6 is 22.6 Å². The van der Waals surface area contributed by atoms with Gasteiger partial charge in [0.2, 0.25) is 0 Å². The van der Waals surface area contributed by atoms with Crippen LogP contribution in [0.3, 0.4) is 0 Å². The molecule has 1 amide bonds. The Kier molecular flexibility index (Phi) is 4.38. The van der Waals surface area contributed by atoms with E-state index in [9.17, 15) is 9.90 Å². The molecule has 0 saturated carbocycles. The summed E-state index contributed by atoms with van der Waals surface area (Å²) in [4.78, 5) is 11.7. The van der Waals surface area contributed by atoms with Crippen LogP contribution in [0.4, 0.5) is 0 Å². The molecule has 0 radical (unpaired) electrons. The zero-order chi connectivity index (χ0) is 14.7. The smallest absolute Gasteiger partial charge is 0.291 e. The second kappa shape index (κ2) is 6.04. The third-order valence-electron chi connectivity index (χ3n) is 2.60. The van der Waals surface area contributed by atoms with E-state index in [1.807, 2.05) is 6.07 Å². The molecule has 1 aromatic heterocycles. The van der Waals surface area contributed by atoms with E-state index in [1.54, 1.807) is 26.0 Å². The van der Waals surface area contributed by atoms with Crippen molar-refractivity contribution in [3.05, 3.63) is 44.3 Å². The molecule has 0 aliphatic rings. The summed E-state index contributed by atoms with van der Waals surface area (Å²) in [5.41, 5.74) is 4.73. The molecular weight excluding hydrogens is 371 g/mol. The quantitative estimate of drug-likeness (QED) is 0.430. The number of aromatic hydroxyl groups is 1. The lowest BCUT2D eigenvalue weighted by atomic mass is 10.1. The highest BCUT2D eigenvalue weighted by Crippen LogP contribution is 2.23. The molecule has 0 aliphatic carbocycles. The maximum absolute atomic E-state index is 11.7. The number of hydrogen-bond donors (Lipinski definition) is 3. The van der Waals surface area contributed by atoms with Crippen LogP contribution in [-0.2, 0) is 0 Å². The highest BCUT2D eigenvalue weighted by molar-refractivity contribution is 14.1. The molecule has 1 heterocycles. The summed E-state index contributed by atoms with van der Waals surface area (Å²) in [6.45, 7) is 3.61. The van der Waals surface area contributed by atoms with E-state index >= 15 is 0 Å². The van der Waals surface area contributed by atoms with Crippen LogP contribution in [-0.4, -0.2) is 27.4 Å². The van der Waals surface area contributed by atoms with Crippen LogP contribution in [0.25, 0.3) is 0 Å². The summed E-state index contributed by atoms with van der Waals surface area (Å²) in [5.74, 6) is -0.258. The summed E-state index contributed by atoms with van der Waals surface area (Å²) in [6, 6.07) is 5.26. The normalized spacial score (nSPS) is 10.9. The first-order chi connectivity index (χ1) is 9.47. The molecule has 0 unspecified atom stereocenters. The highest BCUT2D eigenvalue weighted by Gasteiger charge is 2.08. The third kappa shape index (κ3) is 3.35. The van der Waals surface area contributed by atoms with Crippen molar-refractivity contribution in [3.63, 3.8) is 0 Å². The number of phenolic OH excluding ortho intramolecular Hbond substituents is 1. The van der Waals surface area contributed by atoms with Crippen LogP contribution in [0.2, 0.25) is 0 Å². The van der Waals surface area contributed by atoms with Crippen molar-refractivity contribution in [1.82, 2.24) is 15.6 Å². The van der Waals surface area contributed by atoms with Crippen LogP contribution < -0.4 is 5.43 Å². The number of hydrogen-bond acceptors (Lipinski definition) is 4. The van der Waals surface area contributed by atoms with E-state index in [0.717, 1.165) is 14.8 Å². The maximum atomic E-state index is 11.7. The predicted octanol–water partition coefficient (Wildman–Crippen LogP) is 2.10. The van der Waals surface area contributed by atoms with Gasteiger partial charge in [0.1, 0.15) is 5.75 Å². The molecule has 0 fully saturated rings. The van der Waals surface area contributed by atoms with Gasteiger partial charge in [0.05, 0.1) is 6.21 Å². The van der Waals surface area contributed by atoms with Crippen molar-refractivity contribution in [2.45, 2.75) is 13.8 Å². The van der Waals surface area contributed by atoms with Gasteiger partial charge in [0.25, 0.3) is 5.91 Å². The minimum absolute atomic E-state index is 0.152. The van der Waals surface area contributed by atoms with Crippen molar-refractivity contribution >= 4 is 34.7 Å². The lowest BCUT2D eigenvalue weighted by Gasteiger charge is -2.03. The average molecular weight is 384 g/mol. The minimum atomic E-state index is -0.410. The Morgan fingerprint density at radius 3 is 2.85 bits per heavy atom. The second-order valence-electron chi connectivity index (χ2n) is 4.30. The van der Waals surface area contributed by atoms with Crippen LogP contribution in [0, 0.1) is 17.4 Å². The number of halogens is 1. The van der Waals surface area contributed by atoms with Gasteiger partial charge in [-0.15, -0.1) is 0 Å². The van der Waals surface area contributed by atoms with Crippen molar-refractivity contribution in [2.24, 2.45) is 5.10 Å². The molecule has 2 aromatic rings. The van der Waals surface area contributed by atoms with Crippen molar-refractivity contribution in [2.75, 3.05) is 0 Å². The number of nitrogens with one attached hydrogen (secondary N) is 2. The number of rotatable bonds is 3. The molecule has 0 atom stereocenters. The molecule has 3 N–H and O–H groups in total. The number of aromatic amines is 1. The Hall–Kier alpha value is -1.90. The van der Waals surface area contributed by atoms with E-state index in [0.29, 0.717) is 5.56 Å². The molecule has 7 heteroatoms. The molecule has 0 bridgehead atoms. The van der Waals surface area contributed by atoms with Crippen LogP contribution in [0.5, 0.6) is 5.75 Å². The molecule has 6 nitrogen and oxygen atoms in total. The fourth-order valence-corrected chi connectivity index (χ4v) is 2.41. The van der Waals surface area contributed by atoms with Crippen molar-refractivity contribution in [3.8, 4) is 5.75 Å². The number of H-pyrrole nitrogens is 1. The summed E-state index contributed by atoms with van der Waals surface area (Å²) in [5, 5.41) is 20.2. The summed E-state index contributed by atoms with van der Waals surface area (Å²) >= 11 is 2.15. The highest BCUT2D eigenvalue weighted by atomic mass is 127. The van der Waals surface area contributed by atoms with Crippen LogP contribution in [0.15, 0.2) is 23.3 Å². The molecule has 20 heavy (non-hydrogen) atoms. The lowest BCUT2D eigenvalue weighted by molar-refractivity contribution is 0.0950. The summed E-state index contributed by atoms with van der Waals surface area (Å²) in [7, 11) is 0. The Bertz CT molecular complexity index is 679. The van der Waals surface area contributed by atoms with E-state index in [2.05, 4.69) is 43.3 Å². The number of aromatic nitrogens is 2. The molecule has 104 valence electrons. The fraction of sp³-hybridized carbons (Fsp3) is 0.154. The van der Waals surface area contributed by atoms with E-state index in [4.69, 9.17) is 0 Å². The lowest BCUT2D eigenvalue weighted by Crippen LogP contribution is -2.18. The zero-order valence-corrected chi connectivity index (χ0v) is 13.1. The van der Waals surface area contributed by atoms with E-state index in [1.165, 1.54) is 6.21 Å². The summed E-state index contributed by atoms with van der Waals surface area (Å²) in [6.07, 6.45) is 1.40. The van der Waals surface area contributed by atoms with E-state index in [-0.39, 0.29) is 11.4 Å². The number of benzene rings is 1. The Morgan fingerprint density at radius 2 is 2.20 bits per heavy atom. The van der Waals surface area contributed by atoms with Gasteiger partial charge in [-0.25, -0.2) is 5.43 Å². The second-order valence-corrected chi connectivity index (χ2v) is 5.54. The number of carbonyl (C=O) groups is 1. The molecule has 0 spiro atoms. The number of aryl methyl sites for hydroxylation is 2. The van der Waals surface area contributed by atoms with Gasteiger partial charge in [-0.3, -0.25) is 9.89 Å². The summed E-state index contributed by atoms with van der Waals surface area (Å²) < 4.78 is 0.980. The van der Waals surface area contributed by atoms with Gasteiger partial charge >= 0.3 is 0 Å². The molecule has 0 aliphatic heterocycles. The average Bonchev–Trinajstić information content (AvgIpc) is 2.81. The van der Waals surface area contributed by atoms with Gasteiger partial charge in [0, 0.05) is 14.8 Å². The number of nitrogens with zero attached hydrogens (tertiary/aromatic N) is 2. The van der Waals surface area contributed by atoms with Gasteiger partial charge in [-0.2, -0.15) is 10.2 Å². The predicted molar refractivity (Wildman–Crippen MR) is 83.9 cm³/mol. The standard InChI is InChI=1S/C13H13IN4O2/c1-7-3-10(14)5-9(12(7)19)6-15-18-13(20)11-4-8(2)16-17-11/h3-6,19H,1-2H3,(H,16,17)(H,18,20). The Morgan fingerprint density at radius 1 is 1.45 bits per heavy atom. The number of amides is 1. The first-order valence-corrected chi connectivity index (χ1v) is 6.90. The fourth-order valence-electron chi connectivity index (χ4n) is 1.61. The molecule has 2 rings (SSSR count). The third-order valence-corrected chi connectivity index (χ3v) is 3.23. The largest absolute Gasteiger partial charge is 0.507 e. The first kappa shape index (κ1) is 14.5. The van der Waals surface area contributed by atoms with Crippen molar-refractivity contribution in [1.29, 1.82) is 0 Å². The SMILES string of the molecule is Cc1cc(C(=O)NN=Cc2cc(I)cc(C)c2O)n[nH]1. The molecule has 0 saturated heterocycles. The Balaban J connectivity index is 2.09. The zero-order valence-electron chi connectivity index (χ0n) is 10.9. The van der Waals surface area contributed by atoms with Gasteiger partial charge in [0.15, 0.2) is 5.69 Å². The first-order valence-electron chi connectivity index (χ1n) is 5.82. The monoisotopic (exact) mass is 384 g/mol. The molecule has 1 aromatic carbocycles. The maximum Gasteiger partial charge on any atom is 0.291 e. The van der Waals surface area contributed by atoms with Gasteiger partial charge in [-0.1, -0.05) is 0 Å². The van der Waals surface area contributed by atoms with Crippen molar-refractivity contribution < 1.29 is 9.90 Å². The molecular formula is C13H13IN4O2. The van der Waals surface area contributed by atoms with Crippen LogP contribution in [0.1, 0.15) is 27.3 Å². The van der Waals surface area contributed by atoms with E-state index < -0.39 is 5.91 Å². The Labute approximate surface area is 129 Å². The number of phenols is 1. The van der Waals surface area contributed by atoms with Gasteiger partial charge < -0.3 is 5.11 Å². The number of hydrazone groups is 1.